The Labute approximate surface area is 278 Å². The second-order valence-corrected chi connectivity index (χ2v) is 11.8. The second kappa shape index (κ2) is 17.0. The fourth-order valence-electron chi connectivity index (χ4n) is 5.79. The molecule has 0 bridgehead atoms. The molecule has 0 spiro atoms. The minimum Gasteiger partial charge on any atom is -0.374 e. The van der Waals surface area contributed by atoms with Crippen LogP contribution in [0.15, 0.2) is 146 Å². The average molecular weight is 630 g/mol. The van der Waals surface area contributed by atoms with Crippen molar-refractivity contribution in [2.45, 2.75) is 64.0 Å². The number of anilines is 1. The number of aryl methyl sites for hydroxylation is 1. The van der Waals surface area contributed by atoms with Crippen LogP contribution < -0.4 is 5.32 Å². The van der Waals surface area contributed by atoms with Crippen LogP contribution >= 0.6 is 0 Å². The van der Waals surface area contributed by atoms with E-state index in [1.807, 2.05) is 84.9 Å². The standard InChI is InChI=1S/C41H43NO5/c1-31-16-14-15-25-36(31)42-41-40(46-29-35-23-12-5-13-24-35)39(45-28-34-21-10-4-11-22-34)38(44-27-33-19-8-3-9-20-33)37(47-41)30-43-26-32-17-6-2-7-18-32/h2-25,37-42H,26-30H2,1H3/t37-,38-,39+,40-,41?/m1/s1. The van der Waals surface area contributed by atoms with Gasteiger partial charge in [-0.05, 0) is 40.8 Å². The molecule has 47 heavy (non-hydrogen) atoms. The smallest absolute Gasteiger partial charge is 0.157 e. The fourth-order valence-corrected chi connectivity index (χ4v) is 5.79. The number of nitrogens with one attached hydrogen (secondary N) is 1. The Morgan fingerprint density at radius 1 is 0.489 bits per heavy atom. The molecule has 0 amide bonds. The maximum atomic E-state index is 6.90. The maximum Gasteiger partial charge on any atom is 0.157 e. The summed E-state index contributed by atoms with van der Waals surface area (Å²) in [7, 11) is 0. The number of para-hydroxylation sites is 1. The van der Waals surface area contributed by atoms with E-state index in [1.165, 1.54) is 0 Å². The van der Waals surface area contributed by atoms with Crippen molar-refractivity contribution in [1.82, 2.24) is 0 Å². The van der Waals surface area contributed by atoms with Crippen LogP contribution in [0.5, 0.6) is 0 Å². The van der Waals surface area contributed by atoms with Crippen LogP contribution in [0.25, 0.3) is 0 Å². The third-order valence-electron chi connectivity index (χ3n) is 8.33. The number of hydrogen-bond donors (Lipinski definition) is 1. The lowest BCUT2D eigenvalue weighted by atomic mass is 9.96. The van der Waals surface area contributed by atoms with Gasteiger partial charge in [0, 0.05) is 5.69 Å². The number of ether oxygens (including phenoxy) is 5. The van der Waals surface area contributed by atoms with Crippen LogP contribution in [0.1, 0.15) is 27.8 Å². The van der Waals surface area contributed by atoms with E-state index in [0.717, 1.165) is 33.5 Å². The molecule has 1 unspecified atom stereocenters. The zero-order valence-electron chi connectivity index (χ0n) is 26.8. The zero-order valence-corrected chi connectivity index (χ0v) is 26.8. The average Bonchev–Trinajstić information content (AvgIpc) is 3.12. The summed E-state index contributed by atoms with van der Waals surface area (Å²) in [4.78, 5) is 0. The van der Waals surface area contributed by atoms with Gasteiger partial charge in [0.1, 0.15) is 24.4 Å². The first-order chi connectivity index (χ1) is 23.2. The largest absolute Gasteiger partial charge is 0.374 e. The predicted molar refractivity (Wildman–Crippen MR) is 185 cm³/mol. The summed E-state index contributed by atoms with van der Waals surface area (Å²) >= 11 is 0. The van der Waals surface area contributed by atoms with E-state index in [-0.39, 0.29) is 0 Å². The topological polar surface area (TPSA) is 58.2 Å². The van der Waals surface area contributed by atoms with Crippen molar-refractivity contribution in [1.29, 1.82) is 0 Å². The summed E-state index contributed by atoms with van der Waals surface area (Å²) in [6.07, 6.45) is -2.46. The first-order valence-electron chi connectivity index (χ1n) is 16.3. The molecule has 1 aliphatic heterocycles. The molecule has 1 fully saturated rings. The summed E-state index contributed by atoms with van der Waals surface area (Å²) in [5.41, 5.74) is 6.39. The monoisotopic (exact) mass is 629 g/mol. The Balaban J connectivity index is 1.32. The molecule has 1 saturated heterocycles. The van der Waals surface area contributed by atoms with Crippen molar-refractivity contribution in [2.24, 2.45) is 0 Å². The highest BCUT2D eigenvalue weighted by Crippen LogP contribution is 2.32. The van der Waals surface area contributed by atoms with Gasteiger partial charge in [-0.1, -0.05) is 140 Å². The normalized spacial score (nSPS) is 20.9. The highest BCUT2D eigenvalue weighted by Gasteiger charge is 2.48. The van der Waals surface area contributed by atoms with Crippen LogP contribution in [0, 0.1) is 6.92 Å². The Morgan fingerprint density at radius 2 is 0.915 bits per heavy atom. The summed E-state index contributed by atoms with van der Waals surface area (Å²) in [5, 5.41) is 3.66. The van der Waals surface area contributed by atoms with Gasteiger partial charge < -0.3 is 29.0 Å². The molecule has 1 N–H and O–H groups in total. The van der Waals surface area contributed by atoms with Crippen LogP contribution in [-0.2, 0) is 50.1 Å². The molecule has 0 aromatic heterocycles. The van der Waals surface area contributed by atoms with E-state index < -0.39 is 30.6 Å². The highest BCUT2D eigenvalue weighted by atomic mass is 16.6. The fraction of sp³-hybridized carbons (Fsp3) is 0.268. The van der Waals surface area contributed by atoms with Gasteiger partial charge in [-0.15, -0.1) is 0 Å². The van der Waals surface area contributed by atoms with Gasteiger partial charge in [-0.2, -0.15) is 0 Å². The minimum atomic E-state index is -0.539. The van der Waals surface area contributed by atoms with E-state index in [2.05, 4.69) is 72.9 Å². The molecule has 6 heteroatoms. The summed E-state index contributed by atoms with van der Waals surface area (Å²) in [5.74, 6) is 0. The summed E-state index contributed by atoms with van der Waals surface area (Å²) in [6.45, 7) is 4.06. The second-order valence-electron chi connectivity index (χ2n) is 11.8. The Bertz CT molecular complexity index is 1600. The van der Waals surface area contributed by atoms with Gasteiger partial charge in [0.2, 0.25) is 0 Å². The molecule has 5 aromatic rings. The molecule has 6 rings (SSSR count). The molecule has 0 aliphatic carbocycles. The van der Waals surface area contributed by atoms with Gasteiger partial charge in [0.15, 0.2) is 6.23 Å². The van der Waals surface area contributed by atoms with E-state index in [4.69, 9.17) is 23.7 Å². The van der Waals surface area contributed by atoms with Gasteiger partial charge in [0.05, 0.1) is 33.0 Å². The van der Waals surface area contributed by atoms with Gasteiger partial charge >= 0.3 is 0 Å². The van der Waals surface area contributed by atoms with Gasteiger partial charge in [-0.25, -0.2) is 0 Å². The third kappa shape index (κ3) is 9.38. The number of rotatable bonds is 15. The SMILES string of the molecule is Cc1ccccc1NC1O[C@H](COCc2ccccc2)[C@@H](OCc2ccccc2)[C@H](OCc2ccccc2)[C@H]1OCc1ccccc1. The van der Waals surface area contributed by atoms with Crippen molar-refractivity contribution >= 4 is 5.69 Å². The molecular formula is C41H43NO5. The van der Waals surface area contributed by atoms with Gasteiger partial charge in [0.25, 0.3) is 0 Å². The highest BCUT2D eigenvalue weighted by molar-refractivity contribution is 5.51. The molecule has 0 saturated carbocycles. The first-order valence-corrected chi connectivity index (χ1v) is 16.3. The van der Waals surface area contributed by atoms with Crippen LogP contribution in [0.2, 0.25) is 0 Å². The van der Waals surface area contributed by atoms with E-state index in [1.54, 1.807) is 0 Å². The van der Waals surface area contributed by atoms with Crippen molar-refractivity contribution in [2.75, 3.05) is 11.9 Å². The van der Waals surface area contributed by atoms with Crippen LogP contribution in [0.4, 0.5) is 5.69 Å². The zero-order chi connectivity index (χ0) is 32.1. The van der Waals surface area contributed by atoms with Crippen molar-refractivity contribution in [3.8, 4) is 0 Å². The van der Waals surface area contributed by atoms with E-state index >= 15 is 0 Å². The number of benzene rings is 5. The summed E-state index contributed by atoms with van der Waals surface area (Å²) < 4.78 is 33.6. The molecule has 0 radical (unpaired) electrons. The van der Waals surface area contributed by atoms with Crippen LogP contribution in [0.3, 0.4) is 0 Å². The Kier molecular flexibility index (Phi) is 11.8. The van der Waals surface area contributed by atoms with E-state index in [0.29, 0.717) is 33.0 Å². The predicted octanol–water partition coefficient (Wildman–Crippen LogP) is 8.10. The Hall–Kier alpha value is -4.30. The quantitative estimate of drug-likeness (QED) is 0.126. The lowest BCUT2D eigenvalue weighted by Gasteiger charge is -2.46. The third-order valence-corrected chi connectivity index (χ3v) is 8.33. The van der Waals surface area contributed by atoms with Crippen molar-refractivity contribution < 1.29 is 23.7 Å². The van der Waals surface area contributed by atoms with Crippen molar-refractivity contribution in [3.63, 3.8) is 0 Å². The van der Waals surface area contributed by atoms with Crippen molar-refractivity contribution in [3.05, 3.63) is 173 Å². The number of hydrogen-bond acceptors (Lipinski definition) is 6. The van der Waals surface area contributed by atoms with Crippen LogP contribution in [-0.4, -0.2) is 37.3 Å². The molecule has 1 aliphatic rings. The molecule has 1 heterocycles. The Morgan fingerprint density at radius 3 is 1.43 bits per heavy atom. The minimum absolute atomic E-state index is 0.316. The lowest BCUT2D eigenvalue weighted by Crippen LogP contribution is -2.63. The first kappa shape index (κ1) is 32.6. The molecule has 242 valence electrons. The van der Waals surface area contributed by atoms with Gasteiger partial charge in [-0.3, -0.25) is 0 Å². The lowest BCUT2D eigenvalue weighted by molar-refractivity contribution is -0.267. The molecule has 6 nitrogen and oxygen atoms in total. The maximum absolute atomic E-state index is 6.90. The summed E-state index contributed by atoms with van der Waals surface area (Å²) in [6, 6.07) is 48.9. The van der Waals surface area contributed by atoms with E-state index in [9.17, 15) is 0 Å². The molecule has 5 aromatic carbocycles. The molecular weight excluding hydrogens is 586 g/mol. The molecule has 5 atom stereocenters.